The number of carboxylic acid groups (broad SMARTS) is 1. The van der Waals surface area contributed by atoms with E-state index < -0.39 is 11.9 Å². The molecular weight excluding hydrogens is 222 g/mol. The van der Waals surface area contributed by atoms with E-state index in [1.54, 1.807) is 7.05 Å². The molecule has 0 bridgehead atoms. The third-order valence-electron chi connectivity index (χ3n) is 2.96. The second kappa shape index (κ2) is 4.57. The molecule has 1 fully saturated rings. The summed E-state index contributed by atoms with van der Waals surface area (Å²) in [5.74, 6) is -1.52. The summed E-state index contributed by atoms with van der Waals surface area (Å²) in [7, 11) is 1.60. The first kappa shape index (κ1) is 11.6. The van der Waals surface area contributed by atoms with Gasteiger partial charge >= 0.3 is 5.97 Å². The van der Waals surface area contributed by atoms with E-state index in [1.807, 2.05) is 0 Å². The number of aryl methyl sites for hydroxylation is 1. The van der Waals surface area contributed by atoms with E-state index in [0.717, 1.165) is 25.7 Å². The fourth-order valence-corrected chi connectivity index (χ4v) is 2.14. The Kier molecular flexibility index (Phi) is 3.12. The largest absolute Gasteiger partial charge is 0.478 e. The minimum atomic E-state index is -1.13. The first-order valence-electron chi connectivity index (χ1n) is 5.65. The zero-order chi connectivity index (χ0) is 12.4. The van der Waals surface area contributed by atoms with Gasteiger partial charge in [0.05, 0.1) is 0 Å². The summed E-state index contributed by atoms with van der Waals surface area (Å²) in [6.07, 6.45) is 5.48. The number of hydrogen-bond donors (Lipinski definition) is 2. The summed E-state index contributed by atoms with van der Waals surface area (Å²) in [5, 5.41) is 15.7. The van der Waals surface area contributed by atoms with Gasteiger partial charge in [0.2, 0.25) is 0 Å². The monoisotopic (exact) mass is 237 g/mol. The van der Waals surface area contributed by atoms with Crippen molar-refractivity contribution in [1.82, 2.24) is 15.1 Å². The van der Waals surface area contributed by atoms with Gasteiger partial charge in [0.25, 0.3) is 5.91 Å². The van der Waals surface area contributed by atoms with Gasteiger partial charge in [-0.15, -0.1) is 0 Å². The Bertz CT molecular complexity index is 447. The lowest BCUT2D eigenvalue weighted by Crippen LogP contribution is -2.33. The molecular formula is C11H15N3O3. The maximum atomic E-state index is 11.9. The Balaban J connectivity index is 2.15. The fourth-order valence-electron chi connectivity index (χ4n) is 2.14. The molecule has 1 aliphatic rings. The molecule has 0 saturated heterocycles. The zero-order valence-corrected chi connectivity index (χ0v) is 9.64. The summed E-state index contributed by atoms with van der Waals surface area (Å²) in [5.41, 5.74) is -0.0603. The molecule has 0 unspecified atom stereocenters. The van der Waals surface area contributed by atoms with Crippen molar-refractivity contribution in [1.29, 1.82) is 0 Å². The SMILES string of the molecule is Cn1cc(C(=O)O)c(C(=O)NC2CCCC2)n1. The van der Waals surface area contributed by atoms with Crippen LogP contribution in [0.2, 0.25) is 0 Å². The number of amides is 1. The van der Waals surface area contributed by atoms with Crippen LogP contribution in [-0.2, 0) is 7.05 Å². The number of rotatable bonds is 3. The highest BCUT2D eigenvalue weighted by molar-refractivity contribution is 6.03. The second-order valence-electron chi connectivity index (χ2n) is 4.33. The Morgan fingerprint density at radius 2 is 2.12 bits per heavy atom. The molecule has 1 saturated carbocycles. The van der Waals surface area contributed by atoms with Crippen molar-refractivity contribution in [3.8, 4) is 0 Å². The lowest BCUT2D eigenvalue weighted by Gasteiger charge is -2.10. The lowest BCUT2D eigenvalue weighted by molar-refractivity contribution is 0.0690. The molecule has 92 valence electrons. The molecule has 0 spiro atoms. The smallest absolute Gasteiger partial charge is 0.339 e. The quantitative estimate of drug-likeness (QED) is 0.814. The van der Waals surface area contributed by atoms with Crippen molar-refractivity contribution in [2.24, 2.45) is 7.05 Å². The van der Waals surface area contributed by atoms with Gasteiger partial charge in [-0.25, -0.2) is 4.79 Å². The molecule has 2 N–H and O–H groups in total. The van der Waals surface area contributed by atoms with Gasteiger partial charge in [-0.2, -0.15) is 5.10 Å². The molecule has 6 heteroatoms. The third kappa shape index (κ3) is 2.46. The molecule has 0 aliphatic heterocycles. The van der Waals surface area contributed by atoms with Crippen LogP contribution in [0.4, 0.5) is 0 Å². The molecule has 0 atom stereocenters. The number of carboxylic acids is 1. The average Bonchev–Trinajstić information content (AvgIpc) is 2.86. The minimum Gasteiger partial charge on any atom is -0.478 e. The molecule has 0 aromatic carbocycles. The van der Waals surface area contributed by atoms with Gasteiger partial charge in [-0.3, -0.25) is 9.48 Å². The number of nitrogens with one attached hydrogen (secondary N) is 1. The van der Waals surface area contributed by atoms with Crippen LogP contribution in [0.1, 0.15) is 46.5 Å². The van der Waals surface area contributed by atoms with Gasteiger partial charge in [0.15, 0.2) is 5.69 Å². The van der Waals surface area contributed by atoms with Gasteiger partial charge in [0, 0.05) is 19.3 Å². The summed E-state index contributed by atoms with van der Waals surface area (Å²) < 4.78 is 1.34. The third-order valence-corrected chi connectivity index (χ3v) is 2.96. The number of hydrogen-bond acceptors (Lipinski definition) is 3. The van der Waals surface area contributed by atoms with Gasteiger partial charge in [-0.1, -0.05) is 12.8 Å². The summed E-state index contributed by atoms with van der Waals surface area (Å²) in [6, 6.07) is 0.158. The van der Waals surface area contributed by atoms with Crippen LogP contribution in [0.3, 0.4) is 0 Å². The molecule has 2 rings (SSSR count). The summed E-state index contributed by atoms with van der Waals surface area (Å²) in [4.78, 5) is 22.8. The van der Waals surface area contributed by atoms with Crippen molar-refractivity contribution in [3.63, 3.8) is 0 Å². The molecule has 1 aliphatic carbocycles. The minimum absolute atomic E-state index is 0.00750. The number of aromatic nitrogens is 2. The van der Waals surface area contributed by atoms with Crippen LogP contribution in [0.15, 0.2) is 6.20 Å². The van der Waals surface area contributed by atoms with Gasteiger partial charge < -0.3 is 10.4 Å². The predicted molar refractivity (Wildman–Crippen MR) is 59.9 cm³/mol. The highest BCUT2D eigenvalue weighted by Crippen LogP contribution is 2.18. The lowest BCUT2D eigenvalue weighted by atomic mass is 10.2. The molecule has 1 aromatic heterocycles. The number of carbonyl (C=O) groups excluding carboxylic acids is 1. The van der Waals surface area contributed by atoms with Crippen molar-refractivity contribution in [2.75, 3.05) is 0 Å². The highest BCUT2D eigenvalue weighted by atomic mass is 16.4. The molecule has 0 radical (unpaired) electrons. The molecule has 1 aromatic rings. The Hall–Kier alpha value is -1.85. The zero-order valence-electron chi connectivity index (χ0n) is 9.64. The Morgan fingerprint density at radius 1 is 1.47 bits per heavy atom. The average molecular weight is 237 g/mol. The summed E-state index contributed by atoms with van der Waals surface area (Å²) >= 11 is 0. The molecule has 17 heavy (non-hydrogen) atoms. The topological polar surface area (TPSA) is 84.2 Å². The normalized spacial score (nSPS) is 16.1. The van der Waals surface area contributed by atoms with E-state index in [9.17, 15) is 9.59 Å². The van der Waals surface area contributed by atoms with Crippen LogP contribution >= 0.6 is 0 Å². The van der Waals surface area contributed by atoms with Crippen molar-refractivity contribution in [2.45, 2.75) is 31.7 Å². The Labute approximate surface area is 98.6 Å². The molecule has 6 nitrogen and oxygen atoms in total. The standard InChI is InChI=1S/C11H15N3O3/c1-14-6-8(11(16)17)9(13-14)10(15)12-7-4-2-3-5-7/h6-7H,2-5H2,1H3,(H,12,15)(H,16,17). The van der Waals surface area contributed by atoms with Crippen LogP contribution in [0.5, 0.6) is 0 Å². The second-order valence-corrected chi connectivity index (χ2v) is 4.33. The molecule has 1 heterocycles. The van der Waals surface area contributed by atoms with Crippen molar-refractivity contribution < 1.29 is 14.7 Å². The van der Waals surface area contributed by atoms with Crippen LogP contribution in [-0.4, -0.2) is 32.8 Å². The van der Waals surface area contributed by atoms with E-state index in [-0.39, 0.29) is 17.3 Å². The van der Waals surface area contributed by atoms with Gasteiger partial charge in [-0.05, 0) is 12.8 Å². The van der Waals surface area contributed by atoms with E-state index >= 15 is 0 Å². The predicted octanol–water partition coefficient (Wildman–Crippen LogP) is 0.791. The first-order valence-corrected chi connectivity index (χ1v) is 5.65. The Morgan fingerprint density at radius 3 is 2.71 bits per heavy atom. The highest BCUT2D eigenvalue weighted by Gasteiger charge is 2.24. The van der Waals surface area contributed by atoms with E-state index in [0.29, 0.717) is 0 Å². The maximum Gasteiger partial charge on any atom is 0.339 e. The number of nitrogens with zero attached hydrogens (tertiary/aromatic N) is 2. The fraction of sp³-hybridized carbons (Fsp3) is 0.545. The summed E-state index contributed by atoms with van der Waals surface area (Å²) in [6.45, 7) is 0. The van der Waals surface area contributed by atoms with E-state index in [2.05, 4.69) is 10.4 Å². The molecule has 1 amide bonds. The van der Waals surface area contributed by atoms with Crippen molar-refractivity contribution >= 4 is 11.9 Å². The van der Waals surface area contributed by atoms with Crippen LogP contribution in [0.25, 0.3) is 0 Å². The number of aromatic carboxylic acids is 1. The first-order chi connectivity index (χ1) is 8.08. The van der Waals surface area contributed by atoms with E-state index in [1.165, 1.54) is 10.9 Å². The maximum absolute atomic E-state index is 11.9. The van der Waals surface area contributed by atoms with Crippen LogP contribution < -0.4 is 5.32 Å². The number of carbonyl (C=O) groups is 2. The van der Waals surface area contributed by atoms with E-state index in [4.69, 9.17) is 5.11 Å². The van der Waals surface area contributed by atoms with Crippen LogP contribution in [0, 0.1) is 0 Å². The van der Waals surface area contributed by atoms with Gasteiger partial charge in [0.1, 0.15) is 5.56 Å². The van der Waals surface area contributed by atoms with Crippen molar-refractivity contribution in [3.05, 3.63) is 17.5 Å².